The van der Waals surface area contributed by atoms with Crippen molar-refractivity contribution in [3.05, 3.63) is 63.9 Å². The van der Waals surface area contributed by atoms with E-state index in [1.165, 1.54) is 12.1 Å². The maximum absolute atomic E-state index is 13.3. The average Bonchev–Trinajstić information content (AvgIpc) is 2.45. The minimum absolute atomic E-state index is 0.170. The predicted octanol–water partition coefficient (Wildman–Crippen LogP) is 3.95. The Morgan fingerprint density at radius 3 is 2.24 bits per heavy atom. The lowest BCUT2D eigenvalue weighted by molar-refractivity contribution is -0.120. The topological polar surface area (TPSA) is 55.1 Å². The van der Waals surface area contributed by atoms with Crippen LogP contribution in [0.4, 0.5) is 10.1 Å². The molecule has 2 rings (SSSR count). The van der Waals surface area contributed by atoms with E-state index in [1.807, 2.05) is 6.07 Å². The van der Waals surface area contributed by atoms with E-state index in [1.54, 1.807) is 31.2 Å². The zero-order valence-electron chi connectivity index (χ0n) is 11.2. The van der Waals surface area contributed by atoms with E-state index in [2.05, 4.69) is 5.32 Å². The van der Waals surface area contributed by atoms with Gasteiger partial charge in [0.1, 0.15) is 5.54 Å². The van der Waals surface area contributed by atoms with E-state index in [9.17, 15) is 9.18 Å². The van der Waals surface area contributed by atoms with Gasteiger partial charge in [0.15, 0.2) is 5.82 Å². The number of carbonyl (C=O) groups is 1. The van der Waals surface area contributed by atoms with Crippen LogP contribution in [0.25, 0.3) is 0 Å². The van der Waals surface area contributed by atoms with Gasteiger partial charge >= 0.3 is 0 Å². The summed E-state index contributed by atoms with van der Waals surface area (Å²) in [4.78, 5) is 12.3. The first-order valence-electron chi connectivity index (χ1n) is 6.13. The summed E-state index contributed by atoms with van der Waals surface area (Å²) in [6.07, 6.45) is 0. The number of hydrogen-bond acceptors (Lipinski definition) is 2. The number of hydrogen-bond donors (Lipinski definition) is 2. The third kappa shape index (κ3) is 3.35. The highest BCUT2D eigenvalue weighted by Gasteiger charge is 2.30. The Kier molecular flexibility index (Phi) is 4.52. The smallest absolute Gasteiger partial charge is 0.248 e. The second kappa shape index (κ2) is 6.02. The zero-order valence-corrected chi connectivity index (χ0v) is 12.7. The summed E-state index contributed by atoms with van der Waals surface area (Å²) < 4.78 is 13.3. The van der Waals surface area contributed by atoms with Crippen molar-refractivity contribution < 1.29 is 9.18 Å². The molecule has 0 fully saturated rings. The van der Waals surface area contributed by atoms with Gasteiger partial charge in [-0.1, -0.05) is 53.5 Å². The molecule has 110 valence electrons. The lowest BCUT2D eigenvalue weighted by atomic mass is 9.92. The first-order valence-corrected chi connectivity index (χ1v) is 6.88. The van der Waals surface area contributed by atoms with Crippen molar-refractivity contribution in [3.63, 3.8) is 0 Å². The van der Waals surface area contributed by atoms with Crippen molar-refractivity contribution in [2.45, 2.75) is 12.5 Å². The van der Waals surface area contributed by atoms with Gasteiger partial charge in [-0.3, -0.25) is 4.79 Å². The Bertz CT molecular complexity index is 652. The summed E-state index contributed by atoms with van der Waals surface area (Å²) in [5.74, 6) is -1.18. The normalized spacial score (nSPS) is 13.6. The summed E-state index contributed by atoms with van der Waals surface area (Å²) in [5, 5.41) is 2.25. The number of benzene rings is 2. The van der Waals surface area contributed by atoms with E-state index >= 15 is 0 Å². The van der Waals surface area contributed by atoms with Gasteiger partial charge in [0.25, 0.3) is 0 Å². The van der Waals surface area contributed by atoms with Crippen LogP contribution in [-0.4, -0.2) is 5.91 Å². The van der Waals surface area contributed by atoms with Crippen LogP contribution in [0, 0.1) is 5.82 Å². The lowest BCUT2D eigenvalue weighted by Crippen LogP contribution is -2.45. The van der Waals surface area contributed by atoms with Gasteiger partial charge in [-0.05, 0) is 24.6 Å². The summed E-state index contributed by atoms with van der Waals surface area (Å²) in [6, 6.07) is 11.5. The Labute approximate surface area is 131 Å². The molecule has 0 aliphatic carbocycles. The summed E-state index contributed by atoms with van der Waals surface area (Å²) in [6.45, 7) is 1.59. The molecule has 6 heteroatoms. The molecule has 1 amide bonds. The molecule has 0 aromatic heterocycles. The molecule has 0 saturated carbocycles. The van der Waals surface area contributed by atoms with Crippen molar-refractivity contribution in [2.75, 3.05) is 5.32 Å². The molecule has 0 heterocycles. The summed E-state index contributed by atoms with van der Waals surface area (Å²) in [5.41, 5.74) is 5.78. The second-order valence-corrected chi connectivity index (χ2v) is 5.59. The van der Waals surface area contributed by atoms with Crippen LogP contribution in [0.3, 0.4) is 0 Å². The van der Waals surface area contributed by atoms with Gasteiger partial charge in [-0.2, -0.15) is 0 Å². The van der Waals surface area contributed by atoms with Crippen molar-refractivity contribution in [2.24, 2.45) is 5.73 Å². The largest absolute Gasteiger partial charge is 0.324 e. The summed E-state index contributed by atoms with van der Waals surface area (Å²) >= 11 is 11.4. The number of rotatable bonds is 3. The molecular formula is C15H13Cl2FN2O. The van der Waals surface area contributed by atoms with E-state index < -0.39 is 17.3 Å². The van der Waals surface area contributed by atoms with Crippen molar-refractivity contribution in [1.29, 1.82) is 0 Å². The molecule has 3 nitrogen and oxygen atoms in total. The molecule has 21 heavy (non-hydrogen) atoms. The lowest BCUT2D eigenvalue weighted by Gasteiger charge is -2.24. The molecule has 2 aromatic rings. The third-order valence-electron chi connectivity index (χ3n) is 3.09. The van der Waals surface area contributed by atoms with Gasteiger partial charge in [0, 0.05) is 5.69 Å². The number of halogens is 3. The molecule has 1 unspecified atom stereocenters. The molecule has 0 aliphatic rings. The Balaban J connectivity index is 2.26. The fourth-order valence-electron chi connectivity index (χ4n) is 1.80. The van der Waals surface area contributed by atoms with E-state index in [0.717, 1.165) is 0 Å². The quantitative estimate of drug-likeness (QED) is 0.839. The van der Waals surface area contributed by atoms with Gasteiger partial charge in [0.2, 0.25) is 5.91 Å². The highest BCUT2D eigenvalue weighted by atomic mass is 35.5. The maximum atomic E-state index is 13.3. The fourth-order valence-corrected chi connectivity index (χ4v) is 2.29. The second-order valence-electron chi connectivity index (χ2n) is 4.78. The predicted molar refractivity (Wildman–Crippen MR) is 83.0 cm³/mol. The number of amides is 1. The molecule has 0 bridgehead atoms. The fraction of sp³-hybridized carbons (Fsp3) is 0.133. The Morgan fingerprint density at radius 2 is 1.71 bits per heavy atom. The minimum Gasteiger partial charge on any atom is -0.324 e. The van der Waals surface area contributed by atoms with Crippen LogP contribution in [0.5, 0.6) is 0 Å². The van der Waals surface area contributed by atoms with Crippen LogP contribution in [0.2, 0.25) is 10.0 Å². The molecule has 2 aromatic carbocycles. The van der Waals surface area contributed by atoms with Crippen molar-refractivity contribution in [3.8, 4) is 0 Å². The molecule has 3 N–H and O–H groups in total. The number of anilines is 1. The molecule has 0 aliphatic heterocycles. The number of nitrogens with one attached hydrogen (secondary N) is 1. The van der Waals surface area contributed by atoms with Crippen molar-refractivity contribution in [1.82, 2.24) is 0 Å². The van der Waals surface area contributed by atoms with Crippen LogP contribution < -0.4 is 11.1 Å². The molecule has 0 saturated heterocycles. The van der Waals surface area contributed by atoms with Gasteiger partial charge in [0.05, 0.1) is 10.0 Å². The highest BCUT2D eigenvalue weighted by molar-refractivity contribution is 6.35. The highest BCUT2D eigenvalue weighted by Crippen LogP contribution is 2.28. The number of nitrogens with two attached hydrogens (primary N) is 1. The van der Waals surface area contributed by atoms with Crippen LogP contribution in [-0.2, 0) is 10.3 Å². The first kappa shape index (κ1) is 15.8. The Hall–Kier alpha value is -1.62. The molecule has 0 radical (unpaired) electrons. The SMILES string of the molecule is CC(N)(C(=O)Nc1cc(Cl)c(F)c(Cl)c1)c1ccccc1. The van der Waals surface area contributed by atoms with Crippen molar-refractivity contribution >= 4 is 34.8 Å². The van der Waals surface area contributed by atoms with Gasteiger partial charge < -0.3 is 11.1 Å². The van der Waals surface area contributed by atoms with E-state index in [0.29, 0.717) is 5.56 Å². The minimum atomic E-state index is -1.24. The van der Waals surface area contributed by atoms with Crippen LogP contribution >= 0.6 is 23.2 Å². The van der Waals surface area contributed by atoms with E-state index in [4.69, 9.17) is 28.9 Å². The monoisotopic (exact) mass is 326 g/mol. The van der Waals surface area contributed by atoms with E-state index in [-0.39, 0.29) is 15.7 Å². The van der Waals surface area contributed by atoms with Crippen LogP contribution in [0.15, 0.2) is 42.5 Å². The third-order valence-corrected chi connectivity index (χ3v) is 3.64. The average molecular weight is 327 g/mol. The maximum Gasteiger partial charge on any atom is 0.248 e. The summed E-state index contributed by atoms with van der Waals surface area (Å²) in [7, 11) is 0. The number of carbonyl (C=O) groups excluding carboxylic acids is 1. The standard InChI is InChI=1S/C15H13Cl2FN2O/c1-15(19,9-5-3-2-4-6-9)14(21)20-10-7-11(16)13(18)12(17)8-10/h2-8H,19H2,1H3,(H,20,21). The molecule has 1 atom stereocenters. The first-order chi connectivity index (χ1) is 9.82. The Morgan fingerprint density at radius 1 is 1.19 bits per heavy atom. The van der Waals surface area contributed by atoms with Crippen LogP contribution in [0.1, 0.15) is 12.5 Å². The van der Waals surface area contributed by atoms with Gasteiger partial charge in [-0.15, -0.1) is 0 Å². The molecule has 0 spiro atoms. The molecular weight excluding hydrogens is 314 g/mol. The zero-order chi connectivity index (χ0) is 15.6. The van der Waals surface area contributed by atoms with Gasteiger partial charge in [-0.25, -0.2) is 4.39 Å².